The SMILES string of the molecule is COc1ccc(CCNc2ccc(C(=O)NC3CC3)cn2)cc1F. The molecule has 0 bridgehead atoms. The number of halogens is 1. The maximum atomic E-state index is 13.6. The van der Waals surface area contributed by atoms with Gasteiger partial charge in [-0.25, -0.2) is 9.37 Å². The van der Waals surface area contributed by atoms with Crippen LogP contribution >= 0.6 is 0 Å². The third-order valence-electron chi connectivity index (χ3n) is 3.87. The molecule has 0 radical (unpaired) electrons. The second kappa shape index (κ2) is 7.29. The molecule has 0 aliphatic heterocycles. The van der Waals surface area contributed by atoms with Gasteiger partial charge in [-0.15, -0.1) is 0 Å². The molecule has 2 aromatic rings. The van der Waals surface area contributed by atoms with Crippen molar-refractivity contribution in [3.05, 3.63) is 53.5 Å². The van der Waals surface area contributed by atoms with Gasteiger partial charge in [0, 0.05) is 18.8 Å². The number of nitrogens with one attached hydrogen (secondary N) is 2. The van der Waals surface area contributed by atoms with Crippen LogP contribution < -0.4 is 15.4 Å². The van der Waals surface area contributed by atoms with E-state index in [4.69, 9.17) is 4.74 Å². The molecule has 1 aromatic heterocycles. The van der Waals surface area contributed by atoms with Crippen LogP contribution in [0.5, 0.6) is 5.75 Å². The molecule has 3 rings (SSSR count). The molecule has 1 aliphatic rings. The van der Waals surface area contributed by atoms with Crippen molar-refractivity contribution in [2.45, 2.75) is 25.3 Å². The topological polar surface area (TPSA) is 63.2 Å². The highest BCUT2D eigenvalue weighted by Crippen LogP contribution is 2.20. The monoisotopic (exact) mass is 329 g/mol. The summed E-state index contributed by atoms with van der Waals surface area (Å²) in [6, 6.07) is 8.79. The number of aromatic nitrogens is 1. The zero-order chi connectivity index (χ0) is 16.9. The lowest BCUT2D eigenvalue weighted by molar-refractivity contribution is 0.0950. The summed E-state index contributed by atoms with van der Waals surface area (Å²) in [5.41, 5.74) is 1.44. The quantitative estimate of drug-likeness (QED) is 0.820. The van der Waals surface area contributed by atoms with Gasteiger partial charge in [-0.05, 0) is 49.1 Å². The molecular weight excluding hydrogens is 309 g/mol. The zero-order valence-corrected chi connectivity index (χ0v) is 13.5. The van der Waals surface area contributed by atoms with E-state index in [1.165, 1.54) is 13.2 Å². The summed E-state index contributed by atoms with van der Waals surface area (Å²) in [5.74, 6) is 0.491. The molecule has 1 heterocycles. The van der Waals surface area contributed by atoms with Crippen LogP contribution in [-0.4, -0.2) is 30.6 Å². The Morgan fingerprint density at radius 3 is 2.79 bits per heavy atom. The number of ether oxygens (including phenoxy) is 1. The summed E-state index contributed by atoms with van der Waals surface area (Å²) in [6.07, 6.45) is 4.34. The number of hydrogen-bond acceptors (Lipinski definition) is 4. The van der Waals surface area contributed by atoms with Crippen LogP contribution in [0.1, 0.15) is 28.8 Å². The number of anilines is 1. The second-order valence-corrected chi connectivity index (χ2v) is 5.83. The van der Waals surface area contributed by atoms with E-state index >= 15 is 0 Å². The molecule has 0 spiro atoms. The highest BCUT2D eigenvalue weighted by Gasteiger charge is 2.23. The average Bonchev–Trinajstić information content (AvgIpc) is 3.39. The van der Waals surface area contributed by atoms with Crippen LogP contribution in [0.3, 0.4) is 0 Å². The maximum Gasteiger partial charge on any atom is 0.253 e. The molecule has 6 heteroatoms. The Hall–Kier alpha value is -2.63. The normalized spacial score (nSPS) is 13.4. The van der Waals surface area contributed by atoms with Crippen LogP contribution in [0.2, 0.25) is 0 Å². The van der Waals surface area contributed by atoms with Gasteiger partial charge in [0.05, 0.1) is 12.7 Å². The Balaban J connectivity index is 1.49. The van der Waals surface area contributed by atoms with Crippen molar-refractivity contribution in [2.75, 3.05) is 19.0 Å². The molecule has 0 saturated heterocycles. The number of pyridine rings is 1. The molecule has 1 aliphatic carbocycles. The first kappa shape index (κ1) is 16.2. The van der Waals surface area contributed by atoms with Gasteiger partial charge in [-0.3, -0.25) is 4.79 Å². The first-order valence-corrected chi connectivity index (χ1v) is 7.99. The van der Waals surface area contributed by atoms with Gasteiger partial charge in [0.25, 0.3) is 5.91 Å². The van der Waals surface area contributed by atoms with Crippen molar-refractivity contribution in [2.24, 2.45) is 0 Å². The summed E-state index contributed by atoms with van der Waals surface area (Å²) in [6.45, 7) is 0.617. The maximum absolute atomic E-state index is 13.6. The number of rotatable bonds is 7. The van der Waals surface area contributed by atoms with Crippen LogP contribution in [0.4, 0.5) is 10.2 Å². The van der Waals surface area contributed by atoms with E-state index in [2.05, 4.69) is 15.6 Å². The Morgan fingerprint density at radius 1 is 1.33 bits per heavy atom. The first-order chi connectivity index (χ1) is 11.7. The van der Waals surface area contributed by atoms with E-state index in [0.29, 0.717) is 30.4 Å². The number of methoxy groups -OCH3 is 1. The fourth-order valence-electron chi connectivity index (χ4n) is 2.33. The van der Waals surface area contributed by atoms with Crippen LogP contribution in [0.25, 0.3) is 0 Å². The Bertz CT molecular complexity index is 715. The van der Waals surface area contributed by atoms with Crippen molar-refractivity contribution in [3.8, 4) is 5.75 Å². The van der Waals surface area contributed by atoms with Crippen molar-refractivity contribution in [1.82, 2.24) is 10.3 Å². The van der Waals surface area contributed by atoms with Gasteiger partial charge in [0.2, 0.25) is 0 Å². The Morgan fingerprint density at radius 2 is 2.17 bits per heavy atom. The van der Waals surface area contributed by atoms with Gasteiger partial charge in [0.15, 0.2) is 11.6 Å². The van der Waals surface area contributed by atoms with E-state index in [1.54, 1.807) is 24.4 Å². The lowest BCUT2D eigenvalue weighted by Gasteiger charge is -2.08. The lowest BCUT2D eigenvalue weighted by Crippen LogP contribution is -2.25. The third-order valence-corrected chi connectivity index (χ3v) is 3.87. The summed E-state index contributed by atoms with van der Waals surface area (Å²) < 4.78 is 18.5. The molecule has 0 unspecified atom stereocenters. The van der Waals surface area contributed by atoms with Gasteiger partial charge >= 0.3 is 0 Å². The number of benzene rings is 1. The smallest absolute Gasteiger partial charge is 0.253 e. The largest absolute Gasteiger partial charge is 0.494 e. The fraction of sp³-hybridized carbons (Fsp3) is 0.333. The predicted octanol–water partition coefficient (Wildman–Crippen LogP) is 2.78. The van der Waals surface area contributed by atoms with Crippen LogP contribution in [-0.2, 0) is 6.42 Å². The predicted molar refractivity (Wildman–Crippen MR) is 89.9 cm³/mol. The number of nitrogens with zero attached hydrogens (tertiary/aromatic N) is 1. The van der Waals surface area contributed by atoms with Crippen molar-refractivity contribution in [3.63, 3.8) is 0 Å². The van der Waals surface area contributed by atoms with Crippen LogP contribution in [0.15, 0.2) is 36.5 Å². The molecule has 2 N–H and O–H groups in total. The minimum atomic E-state index is -0.362. The first-order valence-electron chi connectivity index (χ1n) is 7.99. The lowest BCUT2D eigenvalue weighted by atomic mass is 10.1. The van der Waals surface area contributed by atoms with Gasteiger partial charge in [-0.1, -0.05) is 6.07 Å². The molecule has 0 atom stereocenters. The van der Waals surface area contributed by atoms with Gasteiger partial charge in [0.1, 0.15) is 5.82 Å². The van der Waals surface area contributed by atoms with E-state index in [-0.39, 0.29) is 17.5 Å². The van der Waals surface area contributed by atoms with E-state index in [9.17, 15) is 9.18 Å². The number of amides is 1. The molecule has 5 nitrogen and oxygen atoms in total. The van der Waals surface area contributed by atoms with Gasteiger partial charge in [-0.2, -0.15) is 0 Å². The summed E-state index contributed by atoms with van der Waals surface area (Å²) >= 11 is 0. The van der Waals surface area contributed by atoms with E-state index < -0.39 is 0 Å². The van der Waals surface area contributed by atoms with Crippen molar-refractivity contribution >= 4 is 11.7 Å². The second-order valence-electron chi connectivity index (χ2n) is 5.83. The van der Waals surface area contributed by atoms with Crippen molar-refractivity contribution < 1.29 is 13.9 Å². The number of carbonyl (C=O) groups is 1. The average molecular weight is 329 g/mol. The third kappa shape index (κ3) is 4.22. The van der Waals surface area contributed by atoms with Crippen LogP contribution in [0, 0.1) is 5.82 Å². The minimum Gasteiger partial charge on any atom is -0.494 e. The zero-order valence-electron chi connectivity index (χ0n) is 13.5. The molecule has 1 fully saturated rings. The highest BCUT2D eigenvalue weighted by atomic mass is 19.1. The minimum absolute atomic E-state index is 0.0785. The van der Waals surface area contributed by atoms with E-state index in [1.807, 2.05) is 6.07 Å². The van der Waals surface area contributed by atoms with E-state index in [0.717, 1.165) is 18.4 Å². The Labute approximate surface area is 140 Å². The molecule has 1 aromatic carbocycles. The van der Waals surface area contributed by atoms with Crippen molar-refractivity contribution in [1.29, 1.82) is 0 Å². The number of carbonyl (C=O) groups excluding carboxylic acids is 1. The number of hydrogen-bond donors (Lipinski definition) is 2. The summed E-state index contributed by atoms with van der Waals surface area (Å²) in [5, 5.41) is 6.09. The molecule has 24 heavy (non-hydrogen) atoms. The summed E-state index contributed by atoms with van der Waals surface area (Å²) in [7, 11) is 1.44. The molecule has 1 amide bonds. The molecular formula is C18H20FN3O2. The molecule has 1 saturated carbocycles. The molecule has 126 valence electrons. The van der Waals surface area contributed by atoms with Gasteiger partial charge < -0.3 is 15.4 Å². The summed E-state index contributed by atoms with van der Waals surface area (Å²) in [4.78, 5) is 16.1. The highest BCUT2D eigenvalue weighted by molar-refractivity contribution is 5.94. The standard InChI is InChI=1S/C18H20FN3O2/c1-24-16-6-2-12(10-15(16)19)8-9-20-17-7-3-13(11-21-17)18(23)22-14-4-5-14/h2-3,6-7,10-11,14H,4-5,8-9H2,1H3,(H,20,21)(H,22,23). The Kier molecular flexibility index (Phi) is 4.93. The fourth-order valence-corrected chi connectivity index (χ4v) is 2.33.